The average molecular weight is 345 g/mol. The molecule has 1 saturated heterocycles. The van der Waals surface area contributed by atoms with Crippen LogP contribution in [0.4, 0.5) is 19.1 Å². The maximum Gasteiger partial charge on any atom is 0.411 e. The lowest BCUT2D eigenvalue weighted by Gasteiger charge is -2.40. The fourth-order valence-electron chi connectivity index (χ4n) is 3.65. The van der Waals surface area contributed by atoms with Crippen molar-refractivity contribution in [1.29, 1.82) is 0 Å². The Kier molecular flexibility index (Phi) is 4.69. The second-order valence-electron chi connectivity index (χ2n) is 6.54. The number of likely N-dealkylation sites (tertiary alicyclic amines) is 1. The number of hydrogen-bond donors (Lipinski definition) is 1. The third kappa shape index (κ3) is 3.34. The smallest absolute Gasteiger partial charge is 0.351 e. The molecule has 3 rings (SSSR count). The molecule has 0 radical (unpaired) electrons. The van der Waals surface area contributed by atoms with Crippen molar-refractivity contribution in [3.8, 4) is 0 Å². The number of carbonyl (C=O) groups excluding carboxylic acids is 1. The number of aromatic nitrogens is 3. The second kappa shape index (κ2) is 6.60. The molecule has 0 unspecified atom stereocenters. The van der Waals surface area contributed by atoms with Gasteiger partial charge in [-0.15, -0.1) is 0 Å². The van der Waals surface area contributed by atoms with Crippen LogP contribution >= 0.6 is 0 Å². The Morgan fingerprint density at radius 3 is 2.71 bits per heavy atom. The van der Waals surface area contributed by atoms with Gasteiger partial charge in [0.15, 0.2) is 6.04 Å². The summed E-state index contributed by atoms with van der Waals surface area (Å²) in [4.78, 5) is 17.7. The first-order valence-electron chi connectivity index (χ1n) is 8.40. The zero-order valence-corrected chi connectivity index (χ0v) is 13.6. The Morgan fingerprint density at radius 1 is 1.38 bits per heavy atom. The summed E-state index contributed by atoms with van der Waals surface area (Å²) in [5.41, 5.74) is 0. The highest BCUT2D eigenvalue weighted by Crippen LogP contribution is 2.41. The molecular formula is C15H22F3N5O. The summed E-state index contributed by atoms with van der Waals surface area (Å²) in [5, 5.41) is 6.81. The third-order valence-electron chi connectivity index (χ3n) is 4.96. The molecule has 1 amide bonds. The third-order valence-corrected chi connectivity index (χ3v) is 4.96. The molecule has 2 aliphatic heterocycles. The predicted molar refractivity (Wildman–Crippen MR) is 81.4 cm³/mol. The monoisotopic (exact) mass is 345 g/mol. The van der Waals surface area contributed by atoms with Crippen molar-refractivity contribution >= 4 is 11.9 Å². The number of carbonyl (C=O) groups is 1. The van der Waals surface area contributed by atoms with Crippen LogP contribution in [0, 0.1) is 5.92 Å². The molecule has 3 heterocycles. The lowest BCUT2D eigenvalue weighted by molar-refractivity contribution is -0.174. The summed E-state index contributed by atoms with van der Waals surface area (Å²) in [6.07, 6.45) is -0.474. The quantitative estimate of drug-likeness (QED) is 0.915. The number of piperidine rings is 1. The fourth-order valence-corrected chi connectivity index (χ4v) is 3.65. The van der Waals surface area contributed by atoms with Crippen LogP contribution < -0.4 is 5.32 Å². The molecule has 2 aliphatic rings. The van der Waals surface area contributed by atoms with Gasteiger partial charge in [0.2, 0.25) is 11.9 Å². The van der Waals surface area contributed by atoms with Crippen molar-refractivity contribution in [1.82, 2.24) is 19.7 Å². The van der Waals surface area contributed by atoms with Crippen molar-refractivity contribution in [2.75, 3.05) is 18.4 Å². The van der Waals surface area contributed by atoms with Gasteiger partial charge in [-0.1, -0.05) is 6.92 Å². The SMILES string of the molecule is CCCC(=O)N1CCC([C@@H]2C[C@H](C(F)(F)F)n3ncnc3N2)CC1. The molecule has 9 heteroatoms. The second-order valence-corrected chi connectivity index (χ2v) is 6.54. The number of fused-ring (bicyclic) bond motifs is 1. The largest absolute Gasteiger partial charge is 0.411 e. The van der Waals surface area contributed by atoms with E-state index in [2.05, 4.69) is 15.4 Å². The normalized spacial score (nSPS) is 25.2. The zero-order chi connectivity index (χ0) is 17.3. The molecule has 0 aromatic carbocycles. The van der Waals surface area contributed by atoms with Crippen LogP contribution in [0.15, 0.2) is 6.33 Å². The van der Waals surface area contributed by atoms with E-state index < -0.39 is 12.2 Å². The van der Waals surface area contributed by atoms with Crippen LogP contribution in [-0.4, -0.2) is 50.9 Å². The molecule has 24 heavy (non-hydrogen) atoms. The summed E-state index contributed by atoms with van der Waals surface area (Å²) in [7, 11) is 0. The number of nitrogens with zero attached hydrogens (tertiary/aromatic N) is 4. The Bertz CT molecular complexity index is 580. The topological polar surface area (TPSA) is 63.1 Å². The minimum atomic E-state index is -4.35. The van der Waals surface area contributed by atoms with Gasteiger partial charge in [-0.25, -0.2) is 4.68 Å². The maximum atomic E-state index is 13.3. The number of halogens is 3. The number of anilines is 1. The minimum absolute atomic E-state index is 0.0482. The number of alkyl halides is 3. The van der Waals surface area contributed by atoms with Gasteiger partial charge < -0.3 is 10.2 Å². The van der Waals surface area contributed by atoms with Gasteiger partial charge in [-0.2, -0.15) is 23.3 Å². The molecule has 1 fully saturated rings. The van der Waals surface area contributed by atoms with Crippen molar-refractivity contribution in [3.63, 3.8) is 0 Å². The Labute approximate surface area is 138 Å². The van der Waals surface area contributed by atoms with Gasteiger partial charge in [-0.05, 0) is 31.6 Å². The van der Waals surface area contributed by atoms with E-state index in [9.17, 15) is 18.0 Å². The van der Waals surface area contributed by atoms with Crippen LogP contribution in [0.3, 0.4) is 0 Å². The molecule has 6 nitrogen and oxygen atoms in total. The number of hydrogen-bond acceptors (Lipinski definition) is 4. The first-order valence-corrected chi connectivity index (χ1v) is 8.40. The highest BCUT2D eigenvalue weighted by atomic mass is 19.4. The van der Waals surface area contributed by atoms with E-state index in [0.29, 0.717) is 32.4 Å². The molecule has 134 valence electrons. The van der Waals surface area contributed by atoms with Crippen LogP contribution in [0.1, 0.15) is 45.1 Å². The van der Waals surface area contributed by atoms with Gasteiger partial charge in [0, 0.05) is 25.6 Å². The van der Waals surface area contributed by atoms with Crippen molar-refractivity contribution < 1.29 is 18.0 Å². The van der Waals surface area contributed by atoms with Crippen LogP contribution in [0.5, 0.6) is 0 Å². The first-order chi connectivity index (χ1) is 11.4. The summed E-state index contributed by atoms with van der Waals surface area (Å²) >= 11 is 0. The van der Waals surface area contributed by atoms with E-state index in [1.807, 2.05) is 11.8 Å². The number of amides is 1. The molecule has 0 saturated carbocycles. The van der Waals surface area contributed by atoms with E-state index in [1.54, 1.807) is 0 Å². The van der Waals surface area contributed by atoms with Crippen LogP contribution in [0.2, 0.25) is 0 Å². The summed E-state index contributed by atoms with van der Waals surface area (Å²) in [6, 6.07) is -1.93. The Hall–Kier alpha value is -1.80. The van der Waals surface area contributed by atoms with Gasteiger partial charge in [0.25, 0.3) is 0 Å². The van der Waals surface area contributed by atoms with Crippen molar-refractivity contribution in [2.24, 2.45) is 5.92 Å². The summed E-state index contributed by atoms with van der Waals surface area (Å²) < 4.78 is 40.9. The number of nitrogens with one attached hydrogen (secondary N) is 1. The van der Waals surface area contributed by atoms with Crippen LogP contribution in [0.25, 0.3) is 0 Å². The highest BCUT2D eigenvalue weighted by molar-refractivity contribution is 5.76. The minimum Gasteiger partial charge on any atom is -0.351 e. The van der Waals surface area contributed by atoms with Crippen LogP contribution in [-0.2, 0) is 4.79 Å². The maximum absolute atomic E-state index is 13.3. The molecule has 1 aromatic heterocycles. The summed E-state index contributed by atoms with van der Waals surface area (Å²) in [6.45, 7) is 3.19. The highest BCUT2D eigenvalue weighted by Gasteiger charge is 2.47. The molecule has 1 N–H and O–H groups in total. The fraction of sp³-hybridized carbons (Fsp3) is 0.800. The van der Waals surface area contributed by atoms with E-state index in [-0.39, 0.29) is 30.2 Å². The van der Waals surface area contributed by atoms with E-state index in [4.69, 9.17) is 0 Å². The molecular weight excluding hydrogens is 323 g/mol. The van der Waals surface area contributed by atoms with Gasteiger partial charge in [0.1, 0.15) is 6.33 Å². The molecule has 0 bridgehead atoms. The molecule has 0 aliphatic carbocycles. The average Bonchev–Trinajstić information content (AvgIpc) is 3.01. The molecule has 2 atom stereocenters. The van der Waals surface area contributed by atoms with E-state index in [0.717, 1.165) is 17.4 Å². The van der Waals surface area contributed by atoms with Gasteiger partial charge >= 0.3 is 6.18 Å². The number of rotatable bonds is 3. The molecule has 0 spiro atoms. The van der Waals surface area contributed by atoms with E-state index >= 15 is 0 Å². The lowest BCUT2D eigenvalue weighted by atomic mass is 9.85. The van der Waals surface area contributed by atoms with Gasteiger partial charge in [0.05, 0.1) is 0 Å². The van der Waals surface area contributed by atoms with Gasteiger partial charge in [-0.3, -0.25) is 4.79 Å². The lowest BCUT2D eigenvalue weighted by Crippen LogP contribution is -2.47. The zero-order valence-electron chi connectivity index (χ0n) is 13.6. The predicted octanol–water partition coefficient (Wildman–Crippen LogP) is 2.60. The standard InChI is InChI=1S/C15H22F3N5O/c1-2-3-13(24)22-6-4-10(5-7-22)11-8-12(15(16,17)18)23-14(21-11)19-9-20-23/h9-12H,2-8H2,1H3,(H,19,20,21)/t11-,12+/m0/s1. The van der Waals surface area contributed by atoms with Crippen molar-refractivity contribution in [2.45, 2.75) is 57.3 Å². The van der Waals surface area contributed by atoms with E-state index in [1.165, 1.54) is 0 Å². The first kappa shape index (κ1) is 17.0. The Morgan fingerprint density at radius 2 is 2.08 bits per heavy atom. The molecule has 1 aromatic rings. The Balaban J connectivity index is 1.66. The van der Waals surface area contributed by atoms with Crippen molar-refractivity contribution in [3.05, 3.63) is 6.33 Å². The summed E-state index contributed by atoms with van der Waals surface area (Å²) in [5.74, 6) is 0.421.